The van der Waals surface area contributed by atoms with Crippen molar-refractivity contribution >= 4 is 40.7 Å². The summed E-state index contributed by atoms with van der Waals surface area (Å²) in [7, 11) is 1.63. The summed E-state index contributed by atoms with van der Waals surface area (Å²) in [5, 5.41) is 10.1. The number of thiophene rings is 1. The van der Waals surface area contributed by atoms with Crippen molar-refractivity contribution < 1.29 is 14.3 Å². The third kappa shape index (κ3) is 5.89. The van der Waals surface area contributed by atoms with E-state index >= 15 is 0 Å². The number of unbranched alkanes of at least 4 members (excludes halogenated alkanes) is 2. The number of carbonyl (C=O) groups is 2. The van der Waals surface area contributed by atoms with Gasteiger partial charge in [-0.15, -0.1) is 23.1 Å². The quantitative estimate of drug-likeness (QED) is 0.238. The van der Waals surface area contributed by atoms with Crippen molar-refractivity contribution in [1.82, 2.24) is 15.1 Å². The van der Waals surface area contributed by atoms with Gasteiger partial charge in [-0.1, -0.05) is 56.2 Å². The molecule has 1 N–H and O–H groups in total. The number of hydrogen-bond acceptors (Lipinski definition) is 6. The number of fused-ring (bicyclic) bond motifs is 1. The Kier molecular flexibility index (Phi) is 8.68. The summed E-state index contributed by atoms with van der Waals surface area (Å²) in [6.07, 6.45) is 3.05. The predicted octanol–water partition coefficient (Wildman–Crippen LogP) is 6.09. The summed E-state index contributed by atoms with van der Waals surface area (Å²) >= 11 is 3.25. The highest BCUT2D eigenvalue weighted by Gasteiger charge is 2.38. The normalized spacial score (nSPS) is 15.1. The van der Waals surface area contributed by atoms with Gasteiger partial charge in [0.05, 0.1) is 29.5 Å². The zero-order valence-electron chi connectivity index (χ0n) is 22.1. The molecule has 1 atom stereocenters. The molecule has 2 aromatic heterocycles. The monoisotopic (exact) mass is 560 g/mol. The topological polar surface area (TPSA) is 76.5 Å². The van der Waals surface area contributed by atoms with Gasteiger partial charge in [-0.2, -0.15) is 5.10 Å². The lowest BCUT2D eigenvalue weighted by molar-refractivity contribution is -0.122. The standard InChI is InChI=1S/C30H32N4O3S2/c1-3-4-8-17-31-25(35)19-33-26(36)20-39-29(24-12-9-18-38-24)27-28(21-10-6-5-7-11-21)32-34(30(27)33)22-13-15-23(37-2)16-14-22/h5-7,9-16,18,29H,3-4,8,17,19-20H2,1-2H3,(H,31,35). The molecule has 3 heterocycles. The first-order valence-electron chi connectivity index (χ1n) is 13.2. The van der Waals surface area contributed by atoms with E-state index in [1.807, 2.05) is 65.3 Å². The van der Waals surface area contributed by atoms with E-state index in [0.717, 1.165) is 52.4 Å². The minimum absolute atomic E-state index is 0.0637. The van der Waals surface area contributed by atoms with Crippen molar-refractivity contribution in [3.63, 3.8) is 0 Å². The average Bonchev–Trinajstić information content (AvgIpc) is 3.61. The Balaban J connectivity index is 1.68. The van der Waals surface area contributed by atoms with Crippen LogP contribution < -0.4 is 15.0 Å². The number of nitrogens with zero attached hydrogens (tertiary/aromatic N) is 3. The van der Waals surface area contributed by atoms with Crippen molar-refractivity contribution in [2.75, 3.05) is 30.9 Å². The highest BCUT2D eigenvalue weighted by atomic mass is 32.2. The summed E-state index contributed by atoms with van der Waals surface area (Å²) in [4.78, 5) is 29.6. The number of rotatable bonds is 10. The maximum Gasteiger partial charge on any atom is 0.240 e. The summed E-state index contributed by atoms with van der Waals surface area (Å²) in [5.41, 5.74) is 3.48. The molecule has 9 heteroatoms. The smallest absolute Gasteiger partial charge is 0.240 e. The number of anilines is 1. The minimum atomic E-state index is -0.172. The van der Waals surface area contributed by atoms with Crippen LogP contribution in [0.5, 0.6) is 5.75 Å². The Labute approximate surface area is 237 Å². The number of thioether (sulfide) groups is 1. The van der Waals surface area contributed by atoms with E-state index in [4.69, 9.17) is 9.84 Å². The molecule has 39 heavy (non-hydrogen) atoms. The number of nitrogens with one attached hydrogen (secondary N) is 1. The number of amides is 2. The number of hydrogen-bond donors (Lipinski definition) is 1. The molecule has 0 saturated carbocycles. The molecule has 1 unspecified atom stereocenters. The molecule has 1 aliphatic heterocycles. The zero-order chi connectivity index (χ0) is 27.2. The third-order valence-corrected chi connectivity index (χ3v) is 8.98. The van der Waals surface area contributed by atoms with Gasteiger partial charge >= 0.3 is 0 Å². The lowest BCUT2D eigenvalue weighted by Crippen LogP contribution is -2.42. The number of benzene rings is 2. The zero-order valence-corrected chi connectivity index (χ0v) is 23.8. The second-order valence-electron chi connectivity index (χ2n) is 9.31. The van der Waals surface area contributed by atoms with Gasteiger partial charge in [0, 0.05) is 22.5 Å². The molecule has 0 bridgehead atoms. The first-order chi connectivity index (χ1) is 19.1. The number of ether oxygens (including phenoxy) is 1. The van der Waals surface area contributed by atoms with Gasteiger partial charge in [-0.3, -0.25) is 14.5 Å². The summed E-state index contributed by atoms with van der Waals surface area (Å²) in [5.74, 6) is 1.34. The first-order valence-corrected chi connectivity index (χ1v) is 15.1. The number of aromatic nitrogens is 2. The second kappa shape index (κ2) is 12.5. The fraction of sp³-hybridized carbons (Fsp3) is 0.300. The molecule has 2 aromatic carbocycles. The van der Waals surface area contributed by atoms with Gasteiger partial charge in [-0.05, 0) is 42.1 Å². The van der Waals surface area contributed by atoms with Crippen LogP contribution in [0.4, 0.5) is 5.82 Å². The Morgan fingerprint density at radius 1 is 1.08 bits per heavy atom. The molecule has 202 valence electrons. The minimum Gasteiger partial charge on any atom is -0.497 e. The van der Waals surface area contributed by atoms with Crippen LogP contribution in [0.2, 0.25) is 0 Å². The molecule has 2 amide bonds. The summed E-state index contributed by atoms with van der Waals surface area (Å²) in [6, 6.07) is 21.8. The van der Waals surface area contributed by atoms with Gasteiger partial charge in [0.25, 0.3) is 0 Å². The Hall–Kier alpha value is -3.56. The lowest BCUT2D eigenvalue weighted by Gasteiger charge is -2.23. The van der Waals surface area contributed by atoms with Crippen molar-refractivity contribution in [2.24, 2.45) is 0 Å². The lowest BCUT2D eigenvalue weighted by atomic mass is 10.0. The van der Waals surface area contributed by atoms with Crippen LogP contribution >= 0.6 is 23.1 Å². The summed E-state index contributed by atoms with van der Waals surface area (Å²) < 4.78 is 7.19. The van der Waals surface area contributed by atoms with Crippen molar-refractivity contribution in [3.05, 3.63) is 82.6 Å². The maximum absolute atomic E-state index is 13.7. The molecular weight excluding hydrogens is 528 g/mol. The van der Waals surface area contributed by atoms with Crippen molar-refractivity contribution in [1.29, 1.82) is 0 Å². The van der Waals surface area contributed by atoms with E-state index in [1.165, 1.54) is 0 Å². The molecule has 4 aromatic rings. The SMILES string of the molecule is CCCCCNC(=O)CN1C(=O)CSC(c2cccs2)c2c(-c3ccccc3)nn(-c3ccc(OC)cc3)c21. The second-order valence-corrected chi connectivity index (χ2v) is 11.4. The molecule has 1 aliphatic rings. The van der Waals surface area contributed by atoms with Crippen molar-refractivity contribution in [3.8, 4) is 22.7 Å². The fourth-order valence-electron chi connectivity index (χ4n) is 4.70. The Bertz CT molecular complexity index is 1400. The molecule has 5 rings (SSSR count). The van der Waals surface area contributed by atoms with E-state index < -0.39 is 0 Å². The summed E-state index contributed by atoms with van der Waals surface area (Å²) in [6.45, 7) is 2.67. The van der Waals surface area contributed by atoms with Crippen molar-refractivity contribution in [2.45, 2.75) is 31.4 Å². The van der Waals surface area contributed by atoms with E-state index in [9.17, 15) is 9.59 Å². The van der Waals surface area contributed by atoms with Gasteiger partial charge in [0.15, 0.2) is 0 Å². The van der Waals surface area contributed by atoms with E-state index in [2.05, 4.69) is 23.7 Å². The molecule has 7 nitrogen and oxygen atoms in total. The average molecular weight is 561 g/mol. The molecule has 0 aliphatic carbocycles. The molecule has 0 radical (unpaired) electrons. The fourth-order valence-corrected chi connectivity index (χ4v) is 6.87. The highest BCUT2D eigenvalue weighted by molar-refractivity contribution is 8.00. The third-order valence-electron chi connectivity index (χ3n) is 6.66. The van der Waals surface area contributed by atoms with Gasteiger partial charge in [0.2, 0.25) is 11.8 Å². The molecule has 0 saturated heterocycles. The van der Waals surface area contributed by atoms with Gasteiger partial charge in [0.1, 0.15) is 18.1 Å². The largest absolute Gasteiger partial charge is 0.497 e. The van der Waals surface area contributed by atoms with Crippen LogP contribution in [0.3, 0.4) is 0 Å². The van der Waals surface area contributed by atoms with Crippen LogP contribution in [0.1, 0.15) is 41.9 Å². The van der Waals surface area contributed by atoms with Crippen LogP contribution in [0.15, 0.2) is 72.1 Å². The highest BCUT2D eigenvalue weighted by Crippen LogP contribution is 2.49. The van der Waals surface area contributed by atoms with Crippen LogP contribution in [0.25, 0.3) is 16.9 Å². The molecule has 0 fully saturated rings. The van der Waals surface area contributed by atoms with E-state index in [1.54, 1.807) is 35.1 Å². The molecule has 0 spiro atoms. The Morgan fingerprint density at radius 3 is 2.56 bits per heavy atom. The van der Waals surface area contributed by atoms with E-state index in [0.29, 0.717) is 12.4 Å². The number of carbonyl (C=O) groups excluding carboxylic acids is 2. The first kappa shape index (κ1) is 27.0. The van der Waals surface area contributed by atoms with Gasteiger partial charge in [-0.25, -0.2) is 4.68 Å². The Morgan fingerprint density at radius 2 is 1.87 bits per heavy atom. The predicted molar refractivity (Wildman–Crippen MR) is 159 cm³/mol. The van der Waals surface area contributed by atoms with Crippen LogP contribution in [-0.2, 0) is 9.59 Å². The van der Waals surface area contributed by atoms with Crippen LogP contribution in [-0.4, -0.2) is 47.5 Å². The maximum atomic E-state index is 13.7. The van der Waals surface area contributed by atoms with Gasteiger partial charge < -0.3 is 10.1 Å². The number of methoxy groups -OCH3 is 1. The van der Waals surface area contributed by atoms with Crippen LogP contribution in [0, 0.1) is 0 Å². The molecular formula is C30H32N4O3S2. The van der Waals surface area contributed by atoms with E-state index in [-0.39, 0.29) is 29.4 Å².